The van der Waals surface area contributed by atoms with Gasteiger partial charge in [0.15, 0.2) is 0 Å². The van der Waals surface area contributed by atoms with E-state index in [1.807, 2.05) is 61.7 Å². The minimum atomic E-state index is -0.259. The Morgan fingerprint density at radius 2 is 2.12 bits per heavy atom. The van der Waals surface area contributed by atoms with E-state index in [-0.39, 0.29) is 17.7 Å². The van der Waals surface area contributed by atoms with Crippen molar-refractivity contribution in [1.29, 1.82) is 0 Å². The summed E-state index contributed by atoms with van der Waals surface area (Å²) >= 11 is 2.91. The van der Waals surface area contributed by atoms with Gasteiger partial charge in [-0.05, 0) is 65.0 Å². The Hall–Kier alpha value is -3.24. The predicted molar refractivity (Wildman–Crippen MR) is 123 cm³/mol. The summed E-state index contributed by atoms with van der Waals surface area (Å²) in [6, 6.07) is 13.4. The van der Waals surface area contributed by atoms with Crippen molar-refractivity contribution < 1.29 is 9.21 Å². The topological polar surface area (TPSA) is 89.4 Å². The van der Waals surface area contributed by atoms with Crippen molar-refractivity contribution in [1.82, 2.24) is 25.2 Å². The van der Waals surface area contributed by atoms with Gasteiger partial charge in [-0.1, -0.05) is 30.0 Å². The van der Waals surface area contributed by atoms with E-state index in [4.69, 9.17) is 4.42 Å². The second kappa shape index (κ2) is 8.71. The van der Waals surface area contributed by atoms with Crippen LogP contribution >= 0.6 is 23.1 Å². The first-order valence-corrected chi connectivity index (χ1v) is 11.9. The number of furan rings is 1. The molecule has 8 nitrogen and oxygen atoms in total. The Bertz CT molecular complexity index is 1260. The third-order valence-corrected chi connectivity index (χ3v) is 7.24. The number of thiophene rings is 1. The normalized spacial score (nSPS) is 15.9. The van der Waals surface area contributed by atoms with E-state index in [1.165, 1.54) is 16.8 Å². The molecule has 0 spiro atoms. The quantitative estimate of drug-likeness (QED) is 0.393. The third-order valence-electron chi connectivity index (χ3n) is 5.41. The molecule has 4 heterocycles. The largest absolute Gasteiger partial charge is 0.467 e. The third kappa shape index (κ3) is 3.87. The molecule has 0 N–H and O–H groups in total. The van der Waals surface area contributed by atoms with Crippen LogP contribution in [0.15, 0.2) is 68.8 Å². The molecule has 1 aliphatic rings. The highest BCUT2D eigenvalue weighted by atomic mass is 32.2. The van der Waals surface area contributed by atoms with Gasteiger partial charge in [0, 0.05) is 6.42 Å². The molecular weight excluding hydrogens is 444 g/mol. The van der Waals surface area contributed by atoms with E-state index in [0.717, 1.165) is 33.2 Å². The number of aryl methyl sites for hydroxylation is 1. The number of hydrogen-bond acceptors (Lipinski definition) is 8. The SMILES string of the molecule is Cc1cccc(-n2nnnc2SCC(=O)N2N=C(c3cccs3)C[C@@H]2c2ccco2)c1C. The standard InChI is InChI=1S/C22H20N6O2S2/c1-14-6-3-7-17(15(14)2)28-22(23-25-26-28)32-13-21(29)27-18(19-8-4-10-30-19)12-16(24-27)20-9-5-11-31-20/h3-11,18H,12-13H2,1-2H3/t18-/m1/s1. The molecule has 0 radical (unpaired) electrons. The predicted octanol–water partition coefficient (Wildman–Crippen LogP) is 4.40. The second-order valence-corrected chi connectivity index (χ2v) is 9.27. The number of nitrogens with zero attached hydrogens (tertiary/aromatic N) is 6. The summed E-state index contributed by atoms with van der Waals surface area (Å²) in [6.07, 6.45) is 2.23. The van der Waals surface area contributed by atoms with Gasteiger partial charge in [-0.25, -0.2) is 5.01 Å². The van der Waals surface area contributed by atoms with E-state index in [0.29, 0.717) is 11.6 Å². The highest BCUT2D eigenvalue weighted by Gasteiger charge is 2.35. The lowest BCUT2D eigenvalue weighted by molar-refractivity contribution is -0.130. The van der Waals surface area contributed by atoms with Crippen LogP contribution < -0.4 is 0 Å². The Labute approximate surface area is 192 Å². The van der Waals surface area contributed by atoms with Crippen molar-refractivity contribution in [3.8, 4) is 5.69 Å². The zero-order chi connectivity index (χ0) is 22.1. The van der Waals surface area contributed by atoms with Crippen LogP contribution in [0.2, 0.25) is 0 Å². The molecule has 32 heavy (non-hydrogen) atoms. The smallest absolute Gasteiger partial charge is 0.253 e. The lowest BCUT2D eigenvalue weighted by atomic mass is 10.1. The molecule has 0 saturated heterocycles. The summed E-state index contributed by atoms with van der Waals surface area (Å²) in [5, 5.41) is 20.8. The molecule has 0 aliphatic carbocycles. The Kier molecular flexibility index (Phi) is 5.62. The summed E-state index contributed by atoms with van der Waals surface area (Å²) in [5.74, 6) is 0.751. The fraction of sp³-hybridized carbons (Fsp3) is 0.227. The van der Waals surface area contributed by atoms with E-state index in [1.54, 1.807) is 22.3 Å². The summed E-state index contributed by atoms with van der Waals surface area (Å²) in [4.78, 5) is 14.3. The molecule has 4 aromatic rings. The number of hydrazone groups is 1. The van der Waals surface area contributed by atoms with Gasteiger partial charge in [-0.2, -0.15) is 9.78 Å². The maximum absolute atomic E-state index is 13.2. The number of thioether (sulfide) groups is 1. The Balaban J connectivity index is 1.37. The van der Waals surface area contributed by atoms with Crippen LogP contribution in [-0.4, -0.2) is 42.6 Å². The average Bonchev–Trinajstić information content (AvgIpc) is 3.60. The van der Waals surface area contributed by atoms with Gasteiger partial charge in [0.05, 0.1) is 28.3 Å². The lowest BCUT2D eigenvalue weighted by Crippen LogP contribution is -2.28. The molecule has 1 amide bonds. The molecule has 0 bridgehead atoms. The van der Waals surface area contributed by atoms with Gasteiger partial charge in [-0.3, -0.25) is 4.79 Å². The zero-order valence-corrected chi connectivity index (χ0v) is 19.1. The number of rotatable bonds is 6. The maximum atomic E-state index is 13.2. The van der Waals surface area contributed by atoms with Crippen LogP contribution in [0.3, 0.4) is 0 Å². The maximum Gasteiger partial charge on any atom is 0.253 e. The molecule has 1 aromatic carbocycles. The van der Waals surface area contributed by atoms with Crippen molar-refractivity contribution >= 4 is 34.7 Å². The van der Waals surface area contributed by atoms with Gasteiger partial charge in [0.2, 0.25) is 5.16 Å². The molecule has 162 valence electrons. The van der Waals surface area contributed by atoms with Gasteiger partial charge in [0.1, 0.15) is 11.8 Å². The molecule has 5 rings (SSSR count). The molecule has 1 atom stereocenters. The van der Waals surface area contributed by atoms with Crippen molar-refractivity contribution in [3.05, 3.63) is 75.9 Å². The van der Waals surface area contributed by atoms with E-state index < -0.39 is 0 Å². The summed E-state index contributed by atoms with van der Waals surface area (Å²) in [6.45, 7) is 4.08. The zero-order valence-electron chi connectivity index (χ0n) is 17.5. The molecular formula is C22H20N6O2S2. The van der Waals surface area contributed by atoms with Crippen molar-refractivity contribution in [3.63, 3.8) is 0 Å². The monoisotopic (exact) mass is 464 g/mol. The molecule has 10 heteroatoms. The Morgan fingerprint density at radius 3 is 2.91 bits per heavy atom. The number of amides is 1. The van der Waals surface area contributed by atoms with Crippen LogP contribution in [0.4, 0.5) is 0 Å². The first kappa shape index (κ1) is 20.7. The van der Waals surface area contributed by atoms with Crippen LogP contribution in [-0.2, 0) is 4.79 Å². The van der Waals surface area contributed by atoms with Crippen LogP contribution in [0.25, 0.3) is 5.69 Å². The lowest BCUT2D eigenvalue weighted by Gasteiger charge is -2.19. The number of aromatic nitrogens is 4. The van der Waals surface area contributed by atoms with Gasteiger partial charge >= 0.3 is 0 Å². The number of benzene rings is 1. The highest BCUT2D eigenvalue weighted by molar-refractivity contribution is 7.99. The first-order valence-electron chi connectivity index (χ1n) is 10.1. The van der Waals surface area contributed by atoms with Crippen LogP contribution in [0, 0.1) is 13.8 Å². The fourth-order valence-corrected chi connectivity index (χ4v) is 5.07. The fourth-order valence-electron chi connectivity index (χ4n) is 3.61. The Morgan fingerprint density at radius 1 is 1.22 bits per heavy atom. The van der Waals surface area contributed by atoms with Crippen molar-refractivity contribution in [2.75, 3.05) is 5.75 Å². The number of tetrazole rings is 1. The van der Waals surface area contributed by atoms with Crippen molar-refractivity contribution in [2.45, 2.75) is 31.5 Å². The van der Waals surface area contributed by atoms with Crippen LogP contribution in [0.5, 0.6) is 0 Å². The molecule has 0 unspecified atom stereocenters. The van der Waals surface area contributed by atoms with Gasteiger partial charge in [-0.15, -0.1) is 16.4 Å². The molecule has 0 saturated carbocycles. The van der Waals surface area contributed by atoms with Gasteiger partial charge in [0.25, 0.3) is 5.91 Å². The van der Waals surface area contributed by atoms with E-state index in [9.17, 15) is 4.79 Å². The number of carbonyl (C=O) groups excluding carboxylic acids is 1. The number of carbonyl (C=O) groups is 1. The van der Waals surface area contributed by atoms with Gasteiger partial charge < -0.3 is 4.42 Å². The highest BCUT2D eigenvalue weighted by Crippen LogP contribution is 2.35. The van der Waals surface area contributed by atoms with Crippen molar-refractivity contribution in [2.24, 2.45) is 5.10 Å². The summed E-state index contributed by atoms with van der Waals surface area (Å²) in [7, 11) is 0. The minimum Gasteiger partial charge on any atom is -0.467 e. The second-order valence-electron chi connectivity index (χ2n) is 7.38. The molecule has 3 aromatic heterocycles. The first-order chi connectivity index (χ1) is 15.6. The molecule has 0 fully saturated rings. The van der Waals surface area contributed by atoms with E-state index in [2.05, 4.69) is 20.6 Å². The molecule has 1 aliphatic heterocycles. The van der Waals surface area contributed by atoms with Crippen LogP contribution in [0.1, 0.15) is 34.2 Å². The summed E-state index contributed by atoms with van der Waals surface area (Å²) in [5.41, 5.74) is 4.03. The number of hydrogen-bond donors (Lipinski definition) is 0. The average molecular weight is 465 g/mol. The minimum absolute atomic E-state index is 0.126. The summed E-state index contributed by atoms with van der Waals surface area (Å²) < 4.78 is 7.28. The van der Waals surface area contributed by atoms with E-state index >= 15 is 0 Å².